The fraction of sp³-hybridized carbons (Fsp3) is 0.118. The highest BCUT2D eigenvalue weighted by atomic mass is 32.2. The van der Waals surface area contributed by atoms with Crippen molar-refractivity contribution in [3.05, 3.63) is 65.5 Å². The highest BCUT2D eigenvalue weighted by molar-refractivity contribution is 8.00. The van der Waals surface area contributed by atoms with Crippen LogP contribution in [0.3, 0.4) is 0 Å². The summed E-state index contributed by atoms with van der Waals surface area (Å²) in [6.45, 7) is 0. The average Bonchev–Trinajstić information content (AvgIpc) is 3.08. The smallest absolute Gasteiger partial charge is 0.257 e. The predicted octanol–water partition coefficient (Wildman–Crippen LogP) is 4.23. The van der Waals surface area contributed by atoms with Gasteiger partial charge in [0.1, 0.15) is 11.6 Å². The highest BCUT2D eigenvalue weighted by Crippen LogP contribution is 2.29. The summed E-state index contributed by atoms with van der Waals surface area (Å²) in [5, 5.41) is 11.1. The summed E-state index contributed by atoms with van der Waals surface area (Å²) in [5.41, 5.74) is 1.10. The molecule has 0 aliphatic carbocycles. The second-order valence-corrected chi connectivity index (χ2v) is 7.14. The van der Waals surface area contributed by atoms with E-state index in [1.807, 2.05) is 0 Å². The second kappa shape index (κ2) is 8.09. The van der Waals surface area contributed by atoms with Crippen LogP contribution >= 0.6 is 23.1 Å². The van der Waals surface area contributed by atoms with Gasteiger partial charge in [-0.2, -0.15) is 0 Å². The number of hydrogen-bond acceptors (Lipinski definition) is 6. The van der Waals surface area contributed by atoms with E-state index in [9.17, 15) is 9.18 Å². The van der Waals surface area contributed by atoms with Crippen LogP contribution in [0, 0.1) is 5.82 Å². The summed E-state index contributed by atoms with van der Waals surface area (Å²) in [5.74, 6) is 0.615. The molecule has 0 radical (unpaired) electrons. The number of halogens is 1. The SMILES string of the molecule is COc1ccc(C(=O)Nc2nnc(SCc3ccccc3F)s2)cc1. The number of anilines is 1. The molecule has 3 rings (SSSR count). The number of carbonyl (C=O) groups excluding carboxylic acids is 1. The standard InChI is InChI=1S/C17H14FN3O2S2/c1-23-13-8-6-11(7-9-13)15(22)19-16-20-21-17(25-16)24-10-12-4-2-3-5-14(12)18/h2-9H,10H2,1H3,(H,19,20,22). The number of ether oxygens (including phenoxy) is 1. The van der Waals surface area contributed by atoms with Gasteiger partial charge in [-0.3, -0.25) is 10.1 Å². The van der Waals surface area contributed by atoms with Crippen molar-refractivity contribution in [1.82, 2.24) is 10.2 Å². The van der Waals surface area contributed by atoms with Gasteiger partial charge in [0, 0.05) is 11.3 Å². The van der Waals surface area contributed by atoms with Crippen molar-refractivity contribution in [3.63, 3.8) is 0 Å². The first-order valence-corrected chi connectivity index (χ1v) is 9.11. The molecule has 0 spiro atoms. The number of thioether (sulfide) groups is 1. The van der Waals surface area contributed by atoms with Crippen LogP contribution in [0.4, 0.5) is 9.52 Å². The van der Waals surface area contributed by atoms with E-state index in [0.717, 1.165) is 0 Å². The van der Waals surface area contributed by atoms with E-state index in [1.165, 1.54) is 29.2 Å². The molecular formula is C17H14FN3O2S2. The summed E-state index contributed by atoms with van der Waals surface area (Å²) >= 11 is 2.62. The monoisotopic (exact) mass is 375 g/mol. The van der Waals surface area contributed by atoms with Crippen molar-refractivity contribution in [3.8, 4) is 5.75 Å². The normalized spacial score (nSPS) is 10.5. The molecule has 0 saturated heterocycles. The molecular weight excluding hydrogens is 361 g/mol. The van der Waals surface area contributed by atoms with Crippen LogP contribution in [0.1, 0.15) is 15.9 Å². The van der Waals surface area contributed by atoms with E-state index >= 15 is 0 Å². The van der Waals surface area contributed by atoms with Crippen LogP contribution in [0.5, 0.6) is 5.75 Å². The zero-order chi connectivity index (χ0) is 17.6. The molecule has 2 aromatic carbocycles. The average molecular weight is 375 g/mol. The van der Waals surface area contributed by atoms with E-state index in [4.69, 9.17) is 4.74 Å². The lowest BCUT2D eigenvalue weighted by Gasteiger charge is -2.02. The number of nitrogens with one attached hydrogen (secondary N) is 1. The third kappa shape index (κ3) is 4.55. The van der Waals surface area contributed by atoms with E-state index < -0.39 is 0 Å². The first-order valence-electron chi connectivity index (χ1n) is 7.31. The van der Waals surface area contributed by atoms with E-state index in [-0.39, 0.29) is 11.7 Å². The molecule has 0 fully saturated rings. The van der Waals surface area contributed by atoms with Crippen LogP contribution < -0.4 is 10.1 Å². The minimum absolute atomic E-state index is 0.243. The Kier molecular flexibility index (Phi) is 5.62. The molecule has 25 heavy (non-hydrogen) atoms. The van der Waals surface area contributed by atoms with Gasteiger partial charge < -0.3 is 4.74 Å². The van der Waals surface area contributed by atoms with Crippen LogP contribution in [-0.4, -0.2) is 23.2 Å². The quantitative estimate of drug-likeness (QED) is 0.516. The summed E-state index contributed by atoms with van der Waals surface area (Å²) < 4.78 is 19.3. The third-order valence-electron chi connectivity index (χ3n) is 3.29. The van der Waals surface area contributed by atoms with Crippen molar-refractivity contribution in [2.24, 2.45) is 0 Å². The Balaban J connectivity index is 1.59. The van der Waals surface area contributed by atoms with Gasteiger partial charge in [-0.15, -0.1) is 10.2 Å². The van der Waals surface area contributed by atoms with E-state index in [2.05, 4.69) is 15.5 Å². The van der Waals surface area contributed by atoms with Gasteiger partial charge in [-0.05, 0) is 35.9 Å². The third-order valence-corrected chi connectivity index (χ3v) is 5.31. The highest BCUT2D eigenvalue weighted by Gasteiger charge is 2.11. The maximum atomic E-state index is 13.6. The number of nitrogens with zero attached hydrogens (tertiary/aromatic N) is 2. The molecule has 1 amide bonds. The zero-order valence-electron chi connectivity index (χ0n) is 13.2. The van der Waals surface area contributed by atoms with Gasteiger partial charge in [0.15, 0.2) is 4.34 Å². The van der Waals surface area contributed by atoms with Gasteiger partial charge in [-0.1, -0.05) is 41.3 Å². The zero-order valence-corrected chi connectivity index (χ0v) is 14.9. The van der Waals surface area contributed by atoms with Gasteiger partial charge in [0.2, 0.25) is 5.13 Å². The Morgan fingerprint density at radius 1 is 1.20 bits per heavy atom. The molecule has 3 aromatic rings. The number of aromatic nitrogens is 2. The molecule has 1 aromatic heterocycles. The second-order valence-electron chi connectivity index (χ2n) is 4.94. The van der Waals surface area contributed by atoms with Crippen LogP contribution in [0.15, 0.2) is 52.9 Å². The van der Waals surface area contributed by atoms with Gasteiger partial charge in [-0.25, -0.2) is 4.39 Å². The number of amides is 1. The predicted molar refractivity (Wildman–Crippen MR) is 96.8 cm³/mol. The Morgan fingerprint density at radius 2 is 1.96 bits per heavy atom. The fourth-order valence-corrected chi connectivity index (χ4v) is 3.72. The Hall–Kier alpha value is -2.45. The van der Waals surface area contributed by atoms with Gasteiger partial charge in [0.25, 0.3) is 5.91 Å². The molecule has 0 unspecified atom stereocenters. The van der Waals surface area contributed by atoms with E-state index in [1.54, 1.807) is 49.6 Å². The van der Waals surface area contributed by atoms with Crippen molar-refractivity contribution < 1.29 is 13.9 Å². The van der Waals surface area contributed by atoms with Crippen molar-refractivity contribution in [2.75, 3.05) is 12.4 Å². The van der Waals surface area contributed by atoms with Crippen LogP contribution in [-0.2, 0) is 5.75 Å². The Labute approximate surface area is 152 Å². The molecule has 0 aliphatic rings. The fourth-order valence-electron chi connectivity index (χ4n) is 1.99. The molecule has 0 atom stereocenters. The van der Waals surface area contributed by atoms with Crippen molar-refractivity contribution in [2.45, 2.75) is 10.1 Å². The molecule has 0 bridgehead atoms. The van der Waals surface area contributed by atoms with Crippen molar-refractivity contribution in [1.29, 1.82) is 0 Å². The first-order chi connectivity index (χ1) is 12.2. The Morgan fingerprint density at radius 3 is 2.68 bits per heavy atom. The lowest BCUT2D eigenvalue weighted by Crippen LogP contribution is -2.11. The lowest BCUT2D eigenvalue weighted by molar-refractivity contribution is 0.102. The summed E-state index contributed by atoms with van der Waals surface area (Å²) in [7, 11) is 1.57. The van der Waals surface area contributed by atoms with Gasteiger partial charge in [0.05, 0.1) is 7.11 Å². The summed E-state index contributed by atoms with van der Waals surface area (Å²) in [6.07, 6.45) is 0. The maximum Gasteiger partial charge on any atom is 0.257 e. The first kappa shape index (κ1) is 17.4. The molecule has 8 heteroatoms. The molecule has 128 valence electrons. The molecule has 1 heterocycles. The number of methoxy groups -OCH3 is 1. The van der Waals surface area contributed by atoms with Crippen molar-refractivity contribution >= 4 is 34.1 Å². The summed E-state index contributed by atoms with van der Waals surface area (Å²) in [4.78, 5) is 12.2. The largest absolute Gasteiger partial charge is 0.497 e. The molecule has 0 saturated carbocycles. The number of carbonyl (C=O) groups is 1. The maximum absolute atomic E-state index is 13.6. The number of rotatable bonds is 6. The summed E-state index contributed by atoms with van der Waals surface area (Å²) in [6, 6.07) is 13.4. The Bertz CT molecular complexity index is 868. The van der Waals surface area contributed by atoms with E-state index in [0.29, 0.717) is 32.1 Å². The molecule has 1 N–H and O–H groups in total. The van der Waals surface area contributed by atoms with Gasteiger partial charge >= 0.3 is 0 Å². The topological polar surface area (TPSA) is 64.1 Å². The minimum atomic E-state index is -0.274. The lowest BCUT2D eigenvalue weighted by atomic mass is 10.2. The van der Waals surface area contributed by atoms with Crippen LogP contribution in [0.25, 0.3) is 0 Å². The number of hydrogen-bond donors (Lipinski definition) is 1. The van der Waals surface area contributed by atoms with Crippen LogP contribution in [0.2, 0.25) is 0 Å². The number of benzene rings is 2. The minimum Gasteiger partial charge on any atom is -0.497 e. The molecule has 5 nitrogen and oxygen atoms in total. The molecule has 0 aliphatic heterocycles.